The number of hydrogen-bond donors (Lipinski definition) is 2. The summed E-state index contributed by atoms with van der Waals surface area (Å²) in [5.41, 5.74) is 0.304. The molecule has 7 heteroatoms. The van der Waals surface area contributed by atoms with Crippen LogP contribution < -0.4 is 5.32 Å². The number of carbonyl (C=O) groups excluding carboxylic acids is 1. The number of nitrogens with zero attached hydrogens (tertiary/aromatic N) is 3. The van der Waals surface area contributed by atoms with Crippen molar-refractivity contribution in [3.63, 3.8) is 0 Å². The van der Waals surface area contributed by atoms with Gasteiger partial charge < -0.3 is 15.3 Å². The Morgan fingerprint density at radius 1 is 1.53 bits per heavy atom. The zero-order valence-electron chi connectivity index (χ0n) is 10.5. The van der Waals surface area contributed by atoms with Crippen LogP contribution in [-0.4, -0.2) is 40.1 Å². The summed E-state index contributed by atoms with van der Waals surface area (Å²) in [7, 11) is 0. The summed E-state index contributed by atoms with van der Waals surface area (Å²) in [6.07, 6.45) is 2.81. The molecule has 100 valence electrons. The van der Waals surface area contributed by atoms with E-state index in [0.29, 0.717) is 18.8 Å². The Kier molecular flexibility index (Phi) is 5.29. The second kappa shape index (κ2) is 6.96. The van der Waals surface area contributed by atoms with Gasteiger partial charge in [-0.05, 0) is 13.0 Å². The van der Waals surface area contributed by atoms with E-state index in [0.717, 1.165) is 0 Å². The Balaban J connectivity index is 2.73. The summed E-state index contributed by atoms with van der Waals surface area (Å²) in [5.74, 6) is -1.11. The molecule has 1 heterocycles. The van der Waals surface area contributed by atoms with Gasteiger partial charge in [-0.3, -0.25) is 4.98 Å². The van der Waals surface area contributed by atoms with Crippen LogP contribution in [0.3, 0.4) is 0 Å². The third-order valence-corrected chi connectivity index (χ3v) is 2.40. The van der Waals surface area contributed by atoms with Crippen LogP contribution in [0.1, 0.15) is 23.7 Å². The van der Waals surface area contributed by atoms with Gasteiger partial charge in [-0.25, -0.2) is 9.59 Å². The van der Waals surface area contributed by atoms with Crippen molar-refractivity contribution in [1.82, 2.24) is 9.88 Å². The molecule has 0 aliphatic carbocycles. The Hall–Kier alpha value is -2.62. The monoisotopic (exact) mass is 262 g/mol. The number of carboxylic acid groups (broad SMARTS) is 1. The second-order valence-electron chi connectivity index (χ2n) is 3.69. The molecule has 19 heavy (non-hydrogen) atoms. The van der Waals surface area contributed by atoms with Crippen LogP contribution in [0, 0.1) is 11.3 Å². The highest BCUT2D eigenvalue weighted by Gasteiger charge is 2.12. The molecule has 0 saturated carbocycles. The topological polar surface area (TPSA) is 106 Å². The van der Waals surface area contributed by atoms with Gasteiger partial charge in [-0.1, -0.05) is 0 Å². The molecule has 0 atom stereocenters. The first kappa shape index (κ1) is 14.4. The van der Waals surface area contributed by atoms with Crippen molar-refractivity contribution in [1.29, 1.82) is 5.26 Å². The lowest BCUT2D eigenvalue weighted by atomic mass is 10.2. The molecule has 0 fully saturated rings. The third-order valence-electron chi connectivity index (χ3n) is 2.40. The van der Waals surface area contributed by atoms with Crippen molar-refractivity contribution < 1.29 is 14.7 Å². The van der Waals surface area contributed by atoms with E-state index in [4.69, 9.17) is 10.4 Å². The second-order valence-corrected chi connectivity index (χ2v) is 3.69. The van der Waals surface area contributed by atoms with E-state index in [1.807, 2.05) is 6.07 Å². The molecule has 0 saturated heterocycles. The number of hydrogen-bond acceptors (Lipinski definition) is 4. The van der Waals surface area contributed by atoms with Gasteiger partial charge in [0.2, 0.25) is 0 Å². The van der Waals surface area contributed by atoms with Gasteiger partial charge in [0.1, 0.15) is 0 Å². The van der Waals surface area contributed by atoms with Gasteiger partial charge >= 0.3 is 12.0 Å². The molecule has 2 N–H and O–H groups in total. The molecule has 7 nitrogen and oxygen atoms in total. The van der Waals surface area contributed by atoms with Gasteiger partial charge in [0.25, 0.3) is 0 Å². The van der Waals surface area contributed by atoms with Gasteiger partial charge in [0, 0.05) is 19.3 Å². The predicted molar refractivity (Wildman–Crippen MR) is 67.7 cm³/mol. The maximum atomic E-state index is 11.9. The number of amides is 2. The first-order chi connectivity index (χ1) is 9.08. The fourth-order valence-corrected chi connectivity index (χ4v) is 1.42. The maximum absolute atomic E-state index is 11.9. The Morgan fingerprint density at radius 2 is 2.26 bits per heavy atom. The first-order valence-corrected chi connectivity index (χ1v) is 5.69. The van der Waals surface area contributed by atoms with Crippen molar-refractivity contribution in [2.75, 3.05) is 18.4 Å². The number of nitrogens with one attached hydrogen (secondary N) is 1. The highest BCUT2D eigenvalue weighted by atomic mass is 16.4. The summed E-state index contributed by atoms with van der Waals surface area (Å²) in [4.78, 5) is 27.8. The van der Waals surface area contributed by atoms with Crippen LogP contribution in [0.4, 0.5) is 10.5 Å². The highest BCUT2D eigenvalue weighted by Crippen LogP contribution is 2.09. The van der Waals surface area contributed by atoms with Crippen molar-refractivity contribution >= 4 is 17.7 Å². The van der Waals surface area contributed by atoms with Gasteiger partial charge in [-0.15, -0.1) is 0 Å². The first-order valence-electron chi connectivity index (χ1n) is 5.69. The number of carbonyl (C=O) groups is 2. The van der Waals surface area contributed by atoms with E-state index in [-0.39, 0.29) is 18.0 Å². The minimum absolute atomic E-state index is 0.00197. The van der Waals surface area contributed by atoms with Crippen LogP contribution in [0.2, 0.25) is 0 Å². The smallest absolute Gasteiger partial charge is 0.337 e. The molecule has 1 rings (SSSR count). The summed E-state index contributed by atoms with van der Waals surface area (Å²) in [5, 5.41) is 19.9. The third kappa shape index (κ3) is 4.27. The average molecular weight is 262 g/mol. The summed E-state index contributed by atoms with van der Waals surface area (Å²) >= 11 is 0. The minimum Gasteiger partial charge on any atom is -0.478 e. The number of rotatable bonds is 5. The Labute approximate surface area is 110 Å². The number of anilines is 1. The molecule has 1 aromatic rings. The molecule has 0 unspecified atom stereocenters. The van der Waals surface area contributed by atoms with Gasteiger partial charge in [0.15, 0.2) is 0 Å². The zero-order chi connectivity index (χ0) is 14.3. The molecule has 0 radical (unpaired) electrons. The number of aromatic nitrogens is 1. The molecule has 0 bridgehead atoms. The molecular weight excluding hydrogens is 248 g/mol. The lowest BCUT2D eigenvalue weighted by molar-refractivity contribution is 0.0696. The maximum Gasteiger partial charge on any atom is 0.337 e. The van der Waals surface area contributed by atoms with E-state index in [2.05, 4.69) is 10.3 Å². The van der Waals surface area contributed by atoms with E-state index in [1.54, 1.807) is 6.92 Å². The van der Waals surface area contributed by atoms with E-state index in [1.165, 1.54) is 23.4 Å². The molecule has 0 aromatic carbocycles. The van der Waals surface area contributed by atoms with E-state index in [9.17, 15) is 9.59 Å². The number of carboxylic acids is 1. The van der Waals surface area contributed by atoms with Crippen LogP contribution in [0.15, 0.2) is 18.5 Å². The normalized spacial score (nSPS) is 9.47. The molecule has 0 aliphatic rings. The fraction of sp³-hybridized carbons (Fsp3) is 0.333. The lowest BCUT2D eigenvalue weighted by Gasteiger charge is -2.19. The molecule has 0 spiro atoms. The summed E-state index contributed by atoms with van der Waals surface area (Å²) in [6, 6.07) is 2.90. The van der Waals surface area contributed by atoms with Crippen LogP contribution >= 0.6 is 0 Å². The highest BCUT2D eigenvalue weighted by molar-refractivity contribution is 5.92. The van der Waals surface area contributed by atoms with Gasteiger partial charge in [0.05, 0.1) is 29.9 Å². The zero-order valence-corrected chi connectivity index (χ0v) is 10.5. The standard InChI is InChI=1S/C12H14N4O3/c1-2-16(5-3-4-13)12(19)15-10-6-9(11(17)18)7-14-8-10/h6-8H,2-3,5H2,1H3,(H,15,19)(H,17,18). The van der Waals surface area contributed by atoms with Crippen molar-refractivity contribution in [3.8, 4) is 6.07 Å². The molecular formula is C12H14N4O3. The van der Waals surface area contributed by atoms with E-state index >= 15 is 0 Å². The number of pyridine rings is 1. The SMILES string of the molecule is CCN(CCC#N)C(=O)Nc1cncc(C(=O)O)c1. The molecule has 0 aliphatic heterocycles. The predicted octanol–water partition coefficient (Wildman–Crippen LogP) is 1.55. The number of urea groups is 1. The minimum atomic E-state index is -1.11. The Bertz CT molecular complexity index is 510. The lowest BCUT2D eigenvalue weighted by Crippen LogP contribution is -2.35. The van der Waals surface area contributed by atoms with Crippen LogP contribution in [0.5, 0.6) is 0 Å². The van der Waals surface area contributed by atoms with Gasteiger partial charge in [-0.2, -0.15) is 5.26 Å². The van der Waals surface area contributed by atoms with Crippen molar-refractivity contribution in [3.05, 3.63) is 24.0 Å². The van der Waals surface area contributed by atoms with E-state index < -0.39 is 5.97 Å². The van der Waals surface area contributed by atoms with Crippen molar-refractivity contribution in [2.45, 2.75) is 13.3 Å². The summed E-state index contributed by atoms with van der Waals surface area (Å²) in [6.45, 7) is 2.58. The molecule has 1 aromatic heterocycles. The van der Waals surface area contributed by atoms with Crippen LogP contribution in [-0.2, 0) is 0 Å². The summed E-state index contributed by atoms with van der Waals surface area (Å²) < 4.78 is 0. The quantitative estimate of drug-likeness (QED) is 0.837. The largest absolute Gasteiger partial charge is 0.478 e. The fourth-order valence-electron chi connectivity index (χ4n) is 1.42. The van der Waals surface area contributed by atoms with Crippen LogP contribution in [0.25, 0.3) is 0 Å². The Morgan fingerprint density at radius 3 is 2.84 bits per heavy atom. The number of nitriles is 1. The average Bonchev–Trinajstić information content (AvgIpc) is 2.40. The van der Waals surface area contributed by atoms with Crippen molar-refractivity contribution in [2.24, 2.45) is 0 Å². The molecule has 2 amide bonds. The number of aromatic carboxylic acids is 1.